The molecule has 0 heterocycles. The van der Waals surface area contributed by atoms with Crippen molar-refractivity contribution in [3.05, 3.63) is 65.0 Å². The Kier molecular flexibility index (Phi) is 4.58. The van der Waals surface area contributed by atoms with Crippen molar-refractivity contribution >= 4 is 5.97 Å². The van der Waals surface area contributed by atoms with Crippen LogP contribution < -0.4 is 4.74 Å². The van der Waals surface area contributed by atoms with Gasteiger partial charge in [0.1, 0.15) is 18.2 Å². The van der Waals surface area contributed by atoms with Gasteiger partial charge in [0, 0.05) is 5.56 Å². The highest BCUT2D eigenvalue weighted by atomic mass is 19.1. The Bertz CT molecular complexity index is 633. The molecule has 0 saturated carbocycles. The molecule has 0 saturated heterocycles. The van der Waals surface area contributed by atoms with Crippen LogP contribution in [-0.2, 0) is 6.61 Å². The number of ether oxygens (including phenoxy) is 1. The molecule has 0 spiro atoms. The monoisotopic (exact) mass is 288 g/mol. The van der Waals surface area contributed by atoms with Crippen LogP contribution in [0.4, 0.5) is 4.39 Å². The zero-order valence-corrected chi connectivity index (χ0v) is 12.0. The average Bonchev–Trinajstić information content (AvgIpc) is 2.45. The largest absolute Gasteiger partial charge is 0.489 e. The predicted molar refractivity (Wildman–Crippen MR) is 78.2 cm³/mol. The van der Waals surface area contributed by atoms with Crippen molar-refractivity contribution in [1.82, 2.24) is 0 Å². The number of carbonyl (C=O) groups is 1. The Balaban J connectivity index is 2.12. The molecule has 110 valence electrons. The smallest absolute Gasteiger partial charge is 0.336 e. The number of benzene rings is 2. The van der Waals surface area contributed by atoms with Gasteiger partial charge in [-0.15, -0.1) is 0 Å². The average molecular weight is 288 g/mol. The molecule has 21 heavy (non-hydrogen) atoms. The zero-order chi connectivity index (χ0) is 15.4. The summed E-state index contributed by atoms with van der Waals surface area (Å²) < 4.78 is 18.8. The Morgan fingerprint density at radius 3 is 2.43 bits per heavy atom. The first-order chi connectivity index (χ1) is 9.97. The van der Waals surface area contributed by atoms with Crippen molar-refractivity contribution in [2.45, 2.75) is 26.4 Å². The van der Waals surface area contributed by atoms with E-state index in [1.54, 1.807) is 0 Å². The normalized spacial score (nSPS) is 10.7. The van der Waals surface area contributed by atoms with E-state index in [0.29, 0.717) is 17.2 Å². The highest BCUT2D eigenvalue weighted by molar-refractivity contribution is 5.89. The number of carboxylic acids is 1. The van der Waals surface area contributed by atoms with Crippen LogP contribution in [-0.4, -0.2) is 11.1 Å². The molecule has 0 unspecified atom stereocenters. The number of hydrogen-bond acceptors (Lipinski definition) is 2. The summed E-state index contributed by atoms with van der Waals surface area (Å²) >= 11 is 0. The molecule has 0 bridgehead atoms. The molecule has 2 aromatic rings. The van der Waals surface area contributed by atoms with Crippen LogP contribution in [0.25, 0.3) is 0 Å². The van der Waals surface area contributed by atoms with Crippen molar-refractivity contribution in [2.75, 3.05) is 0 Å². The molecule has 3 nitrogen and oxygen atoms in total. The van der Waals surface area contributed by atoms with E-state index in [1.165, 1.54) is 17.7 Å². The Hall–Kier alpha value is -2.36. The van der Waals surface area contributed by atoms with Crippen LogP contribution >= 0.6 is 0 Å². The second kappa shape index (κ2) is 6.39. The second-order valence-electron chi connectivity index (χ2n) is 5.12. The van der Waals surface area contributed by atoms with E-state index in [4.69, 9.17) is 9.84 Å². The topological polar surface area (TPSA) is 46.5 Å². The summed E-state index contributed by atoms with van der Waals surface area (Å²) in [6.45, 7) is 4.21. The maximum absolute atomic E-state index is 13.2. The quantitative estimate of drug-likeness (QED) is 0.895. The van der Waals surface area contributed by atoms with E-state index in [9.17, 15) is 9.18 Å². The van der Waals surface area contributed by atoms with Gasteiger partial charge in [-0.25, -0.2) is 9.18 Å². The molecule has 0 aromatic heterocycles. The summed E-state index contributed by atoms with van der Waals surface area (Å²) in [7, 11) is 0. The molecule has 2 aromatic carbocycles. The highest BCUT2D eigenvalue weighted by Gasteiger charge is 2.11. The second-order valence-corrected chi connectivity index (χ2v) is 5.12. The molecule has 0 aliphatic rings. The zero-order valence-electron chi connectivity index (χ0n) is 12.0. The minimum Gasteiger partial charge on any atom is -0.489 e. The van der Waals surface area contributed by atoms with E-state index in [2.05, 4.69) is 13.8 Å². The number of hydrogen-bond donors (Lipinski definition) is 1. The first kappa shape index (κ1) is 15.0. The van der Waals surface area contributed by atoms with E-state index in [1.807, 2.05) is 24.3 Å². The molecule has 1 N–H and O–H groups in total. The molecule has 0 amide bonds. The summed E-state index contributed by atoms with van der Waals surface area (Å²) in [5.74, 6) is -0.515. The predicted octanol–water partition coefficient (Wildman–Crippen LogP) is 4.23. The van der Waals surface area contributed by atoms with E-state index in [0.717, 1.165) is 6.07 Å². The summed E-state index contributed by atoms with van der Waals surface area (Å²) in [4.78, 5) is 11.1. The van der Waals surface area contributed by atoms with Crippen molar-refractivity contribution in [3.8, 4) is 5.75 Å². The molecule has 0 fully saturated rings. The van der Waals surface area contributed by atoms with Gasteiger partial charge in [-0.1, -0.05) is 26.0 Å². The molecular formula is C17H17FO3. The lowest BCUT2D eigenvalue weighted by atomic mass is 10.0. The first-order valence-corrected chi connectivity index (χ1v) is 6.72. The molecule has 0 atom stereocenters. The van der Waals surface area contributed by atoms with Crippen molar-refractivity contribution < 1.29 is 19.0 Å². The number of halogens is 1. The molecule has 0 aliphatic carbocycles. The first-order valence-electron chi connectivity index (χ1n) is 6.72. The lowest BCUT2D eigenvalue weighted by Gasteiger charge is -2.10. The minimum absolute atomic E-state index is 0.0143. The SMILES string of the molecule is CC(C)c1ccc(OCc2cc(F)ccc2C(=O)O)cc1. The van der Waals surface area contributed by atoms with Gasteiger partial charge in [-0.2, -0.15) is 0 Å². The molecule has 0 radical (unpaired) electrons. The van der Waals surface area contributed by atoms with Gasteiger partial charge in [-0.05, 0) is 41.8 Å². The summed E-state index contributed by atoms with van der Waals surface area (Å²) in [5, 5.41) is 9.07. The van der Waals surface area contributed by atoms with E-state index in [-0.39, 0.29) is 12.2 Å². The lowest BCUT2D eigenvalue weighted by Crippen LogP contribution is -2.06. The van der Waals surface area contributed by atoms with Crippen LogP contribution in [0.3, 0.4) is 0 Å². The van der Waals surface area contributed by atoms with Gasteiger partial charge in [0.2, 0.25) is 0 Å². The number of rotatable bonds is 5. The lowest BCUT2D eigenvalue weighted by molar-refractivity contribution is 0.0694. The van der Waals surface area contributed by atoms with Gasteiger partial charge in [-0.3, -0.25) is 0 Å². The van der Waals surface area contributed by atoms with Gasteiger partial charge < -0.3 is 9.84 Å². The van der Waals surface area contributed by atoms with Gasteiger partial charge in [0.05, 0.1) is 5.56 Å². The molecule has 2 rings (SSSR count). The van der Waals surface area contributed by atoms with Gasteiger partial charge in [0.25, 0.3) is 0 Å². The number of carboxylic acid groups (broad SMARTS) is 1. The van der Waals surface area contributed by atoms with Crippen LogP contribution in [0.5, 0.6) is 5.75 Å². The van der Waals surface area contributed by atoms with Crippen molar-refractivity contribution in [2.24, 2.45) is 0 Å². The third-order valence-electron chi connectivity index (χ3n) is 3.24. The maximum atomic E-state index is 13.2. The summed E-state index contributed by atoms with van der Waals surface area (Å²) in [6, 6.07) is 11.1. The summed E-state index contributed by atoms with van der Waals surface area (Å²) in [5.41, 5.74) is 1.56. The molecular weight excluding hydrogens is 271 g/mol. The van der Waals surface area contributed by atoms with Crippen LogP contribution in [0.15, 0.2) is 42.5 Å². The van der Waals surface area contributed by atoms with Crippen LogP contribution in [0.1, 0.15) is 41.3 Å². The Morgan fingerprint density at radius 2 is 1.86 bits per heavy atom. The van der Waals surface area contributed by atoms with Crippen molar-refractivity contribution in [1.29, 1.82) is 0 Å². The molecule has 0 aliphatic heterocycles. The maximum Gasteiger partial charge on any atom is 0.336 e. The Morgan fingerprint density at radius 1 is 1.19 bits per heavy atom. The van der Waals surface area contributed by atoms with Crippen LogP contribution in [0.2, 0.25) is 0 Å². The van der Waals surface area contributed by atoms with Gasteiger partial charge in [0.15, 0.2) is 0 Å². The minimum atomic E-state index is -1.09. The highest BCUT2D eigenvalue weighted by Crippen LogP contribution is 2.20. The third kappa shape index (κ3) is 3.81. The van der Waals surface area contributed by atoms with E-state index >= 15 is 0 Å². The summed E-state index contributed by atoms with van der Waals surface area (Å²) in [6.07, 6.45) is 0. The fourth-order valence-electron chi connectivity index (χ4n) is 2.00. The van der Waals surface area contributed by atoms with Crippen LogP contribution in [0, 0.1) is 5.82 Å². The fraction of sp³-hybridized carbons (Fsp3) is 0.235. The fourth-order valence-corrected chi connectivity index (χ4v) is 2.00. The third-order valence-corrected chi connectivity index (χ3v) is 3.24. The van der Waals surface area contributed by atoms with Gasteiger partial charge >= 0.3 is 5.97 Å². The van der Waals surface area contributed by atoms with E-state index < -0.39 is 11.8 Å². The Labute approximate surface area is 123 Å². The molecule has 4 heteroatoms. The number of aromatic carboxylic acids is 1. The van der Waals surface area contributed by atoms with Crippen molar-refractivity contribution in [3.63, 3.8) is 0 Å². The standard InChI is InChI=1S/C17H17FO3/c1-11(2)12-3-6-15(7-4-12)21-10-13-9-14(18)5-8-16(13)17(19)20/h3-9,11H,10H2,1-2H3,(H,19,20).